The number of nitrogens with one attached hydrogen (secondary N) is 1. The number of ether oxygens (including phenoxy) is 1. The van der Waals surface area contributed by atoms with Crippen molar-refractivity contribution in [2.75, 3.05) is 6.61 Å². The number of hydrogen-bond acceptors (Lipinski definition) is 4. The molecule has 25 heavy (non-hydrogen) atoms. The molecule has 2 N–H and O–H groups in total. The van der Waals surface area contributed by atoms with Crippen molar-refractivity contribution in [2.45, 2.75) is 31.9 Å². The molecule has 0 unspecified atom stereocenters. The smallest absolute Gasteiger partial charge is 0.338 e. The topological polar surface area (TPSA) is 75.6 Å². The summed E-state index contributed by atoms with van der Waals surface area (Å²) in [5.41, 5.74) is 3.48. The van der Waals surface area contributed by atoms with E-state index in [4.69, 9.17) is 9.84 Å². The number of benzene rings is 2. The second-order valence-electron chi connectivity index (χ2n) is 6.14. The fraction of sp³-hybridized carbons (Fsp3) is 0.300. The molecule has 0 spiro atoms. The summed E-state index contributed by atoms with van der Waals surface area (Å²) in [5, 5.41) is 12.0. The highest BCUT2D eigenvalue weighted by atomic mass is 16.5. The maximum atomic E-state index is 12.1. The average Bonchev–Trinajstić information content (AvgIpc) is 2.66. The predicted octanol–water partition coefficient (Wildman–Crippen LogP) is 2.53. The first-order chi connectivity index (χ1) is 12.2. The molecular formula is C20H21NO4. The number of fused-ring (bicyclic) bond motifs is 1. The molecule has 5 nitrogen and oxygen atoms in total. The number of carbonyl (C=O) groups is 2. The van der Waals surface area contributed by atoms with Gasteiger partial charge in [0.1, 0.15) is 0 Å². The van der Waals surface area contributed by atoms with Crippen molar-refractivity contribution in [3.8, 4) is 0 Å². The lowest BCUT2D eigenvalue weighted by Gasteiger charge is -2.26. The van der Waals surface area contributed by atoms with Crippen LogP contribution in [-0.4, -0.2) is 23.6 Å². The molecule has 2 aromatic carbocycles. The zero-order valence-corrected chi connectivity index (χ0v) is 13.9. The van der Waals surface area contributed by atoms with E-state index in [2.05, 4.69) is 11.4 Å². The maximum Gasteiger partial charge on any atom is 0.338 e. The largest absolute Gasteiger partial charge is 0.452 e. The summed E-state index contributed by atoms with van der Waals surface area (Å²) in [6.07, 6.45) is 2.94. The van der Waals surface area contributed by atoms with Gasteiger partial charge in [0, 0.05) is 0 Å². The fourth-order valence-corrected chi connectivity index (χ4v) is 3.10. The first-order valence-electron chi connectivity index (χ1n) is 8.41. The van der Waals surface area contributed by atoms with Gasteiger partial charge in [-0.3, -0.25) is 4.79 Å². The molecule has 0 saturated carbocycles. The first-order valence-corrected chi connectivity index (χ1v) is 8.41. The maximum absolute atomic E-state index is 12.1. The Labute approximate surface area is 146 Å². The van der Waals surface area contributed by atoms with Gasteiger partial charge in [0.25, 0.3) is 5.91 Å². The second-order valence-corrected chi connectivity index (χ2v) is 6.14. The van der Waals surface area contributed by atoms with Gasteiger partial charge in [0.05, 0.1) is 18.2 Å². The summed E-state index contributed by atoms with van der Waals surface area (Å²) in [6, 6.07) is 14.5. The van der Waals surface area contributed by atoms with Gasteiger partial charge in [-0.1, -0.05) is 36.4 Å². The zero-order chi connectivity index (χ0) is 17.6. The Morgan fingerprint density at radius 3 is 2.64 bits per heavy atom. The van der Waals surface area contributed by atoms with Crippen LogP contribution < -0.4 is 5.32 Å². The van der Waals surface area contributed by atoms with Gasteiger partial charge in [-0.2, -0.15) is 0 Å². The molecular weight excluding hydrogens is 318 g/mol. The molecule has 1 aliphatic rings. The lowest BCUT2D eigenvalue weighted by atomic mass is 9.88. The molecule has 0 saturated heterocycles. The molecule has 1 amide bonds. The number of carbonyl (C=O) groups excluding carboxylic acids is 2. The molecule has 0 fully saturated rings. The molecule has 1 aliphatic carbocycles. The SMILES string of the molecule is O=C(COC(=O)c1ccc(CO)cc1)N[C@@H]1CCCc2ccccc21. The van der Waals surface area contributed by atoms with Crippen LogP contribution in [0.5, 0.6) is 0 Å². The number of aliphatic hydroxyl groups is 1. The van der Waals surface area contributed by atoms with Crippen molar-refractivity contribution in [1.82, 2.24) is 5.32 Å². The molecule has 0 heterocycles. The van der Waals surface area contributed by atoms with E-state index in [1.165, 1.54) is 5.56 Å². The third-order valence-corrected chi connectivity index (χ3v) is 4.41. The number of aryl methyl sites for hydroxylation is 1. The minimum Gasteiger partial charge on any atom is -0.452 e. The van der Waals surface area contributed by atoms with Crippen molar-refractivity contribution in [3.05, 3.63) is 70.8 Å². The van der Waals surface area contributed by atoms with Gasteiger partial charge in [-0.05, 0) is 48.1 Å². The summed E-state index contributed by atoms with van der Waals surface area (Å²) in [6.45, 7) is -0.389. The minimum atomic E-state index is -0.552. The van der Waals surface area contributed by atoms with Gasteiger partial charge in [0.2, 0.25) is 0 Å². The van der Waals surface area contributed by atoms with Crippen molar-refractivity contribution in [1.29, 1.82) is 0 Å². The average molecular weight is 339 g/mol. The van der Waals surface area contributed by atoms with E-state index in [1.807, 2.05) is 18.2 Å². The summed E-state index contributed by atoms with van der Waals surface area (Å²) in [7, 11) is 0. The van der Waals surface area contributed by atoms with Crippen LogP contribution in [0.15, 0.2) is 48.5 Å². The van der Waals surface area contributed by atoms with Crippen LogP contribution in [0, 0.1) is 0 Å². The minimum absolute atomic E-state index is 0.0278. The quantitative estimate of drug-likeness (QED) is 0.821. The third-order valence-electron chi connectivity index (χ3n) is 4.41. The van der Waals surface area contributed by atoms with Crippen LogP contribution >= 0.6 is 0 Å². The molecule has 3 rings (SSSR count). The van der Waals surface area contributed by atoms with E-state index in [-0.39, 0.29) is 25.2 Å². The van der Waals surface area contributed by atoms with Crippen LogP contribution in [0.2, 0.25) is 0 Å². The second kappa shape index (κ2) is 7.94. The van der Waals surface area contributed by atoms with Crippen molar-refractivity contribution in [3.63, 3.8) is 0 Å². The van der Waals surface area contributed by atoms with Crippen molar-refractivity contribution >= 4 is 11.9 Å². The van der Waals surface area contributed by atoms with Crippen LogP contribution in [0.3, 0.4) is 0 Å². The van der Waals surface area contributed by atoms with Crippen LogP contribution in [-0.2, 0) is 22.6 Å². The van der Waals surface area contributed by atoms with E-state index in [9.17, 15) is 9.59 Å². The number of esters is 1. The normalized spacial score (nSPS) is 16.0. The Morgan fingerprint density at radius 2 is 1.88 bits per heavy atom. The van der Waals surface area contributed by atoms with Gasteiger partial charge in [-0.25, -0.2) is 4.79 Å². The highest BCUT2D eigenvalue weighted by Crippen LogP contribution is 2.29. The van der Waals surface area contributed by atoms with Crippen LogP contribution in [0.25, 0.3) is 0 Å². The molecule has 0 aliphatic heterocycles. The highest BCUT2D eigenvalue weighted by molar-refractivity contribution is 5.91. The summed E-state index contributed by atoms with van der Waals surface area (Å²) in [5.74, 6) is -0.856. The molecule has 5 heteroatoms. The third kappa shape index (κ3) is 4.25. The van der Waals surface area contributed by atoms with E-state index in [0.717, 1.165) is 24.8 Å². The van der Waals surface area contributed by atoms with Gasteiger partial charge in [-0.15, -0.1) is 0 Å². The highest BCUT2D eigenvalue weighted by Gasteiger charge is 2.21. The van der Waals surface area contributed by atoms with E-state index < -0.39 is 5.97 Å². The van der Waals surface area contributed by atoms with Crippen molar-refractivity contribution in [2.24, 2.45) is 0 Å². The lowest BCUT2D eigenvalue weighted by Crippen LogP contribution is -2.34. The van der Waals surface area contributed by atoms with Crippen molar-refractivity contribution < 1.29 is 19.4 Å². The summed E-state index contributed by atoms with van der Waals surface area (Å²) in [4.78, 5) is 24.1. The summed E-state index contributed by atoms with van der Waals surface area (Å²) >= 11 is 0. The monoisotopic (exact) mass is 339 g/mol. The Bertz CT molecular complexity index is 755. The molecule has 0 radical (unpaired) electrons. The molecule has 0 aromatic heterocycles. The number of rotatable bonds is 5. The first kappa shape index (κ1) is 17.2. The Morgan fingerprint density at radius 1 is 1.12 bits per heavy atom. The van der Waals surface area contributed by atoms with Crippen LogP contribution in [0.1, 0.15) is 45.9 Å². The van der Waals surface area contributed by atoms with E-state index in [1.54, 1.807) is 24.3 Å². The Hall–Kier alpha value is -2.66. The molecule has 0 bridgehead atoms. The summed E-state index contributed by atoms with van der Waals surface area (Å²) < 4.78 is 5.08. The van der Waals surface area contributed by atoms with Crippen LogP contribution in [0.4, 0.5) is 0 Å². The molecule has 1 atom stereocenters. The van der Waals surface area contributed by atoms with Gasteiger partial charge >= 0.3 is 5.97 Å². The lowest BCUT2D eigenvalue weighted by molar-refractivity contribution is -0.125. The molecule has 130 valence electrons. The zero-order valence-electron chi connectivity index (χ0n) is 13.9. The van der Waals surface area contributed by atoms with Gasteiger partial charge < -0.3 is 15.2 Å². The number of hydrogen-bond donors (Lipinski definition) is 2. The predicted molar refractivity (Wildman–Crippen MR) is 92.9 cm³/mol. The van der Waals surface area contributed by atoms with E-state index in [0.29, 0.717) is 11.1 Å². The van der Waals surface area contributed by atoms with Gasteiger partial charge in [0.15, 0.2) is 6.61 Å². The fourth-order valence-electron chi connectivity index (χ4n) is 3.10. The Balaban J connectivity index is 1.54. The van der Waals surface area contributed by atoms with E-state index >= 15 is 0 Å². The number of amides is 1. The standard InChI is InChI=1S/C20H21NO4/c22-12-14-8-10-16(11-9-14)20(24)25-13-19(23)21-18-7-3-5-15-4-1-2-6-17(15)18/h1-2,4,6,8-11,18,22H,3,5,7,12-13H2,(H,21,23)/t18-/m1/s1. The molecule has 2 aromatic rings. The number of aliphatic hydroxyl groups excluding tert-OH is 1. The Kier molecular flexibility index (Phi) is 5.46.